The smallest absolute Gasteiger partial charge is 0.366 e. The van der Waals surface area contributed by atoms with Crippen LogP contribution in [-0.2, 0) is 5.60 Å². The van der Waals surface area contributed by atoms with Crippen LogP contribution >= 0.6 is 0 Å². The number of hydrogen-bond acceptors (Lipinski definition) is 1. The first-order valence-electron chi connectivity index (χ1n) is 3.84. The van der Waals surface area contributed by atoms with E-state index in [1.807, 2.05) is 0 Å². The predicted molar refractivity (Wildman–Crippen MR) is 45.2 cm³/mol. The summed E-state index contributed by atoms with van der Waals surface area (Å²) in [7, 11) is 0. The first-order chi connectivity index (χ1) is 6.81. The second kappa shape index (κ2) is 3.55. The highest BCUT2D eigenvalue weighted by Gasteiger charge is 2.54. The third-order valence-electron chi connectivity index (χ3n) is 1.86. The van der Waals surface area contributed by atoms with Gasteiger partial charge in [-0.15, -0.1) is 6.42 Å². The van der Waals surface area contributed by atoms with Gasteiger partial charge in [0.15, 0.2) is 0 Å². The Bertz CT molecular complexity index is 405. The minimum Gasteiger partial charge on any atom is -0.366 e. The molecular weight excluding hydrogens is 212 g/mol. The molecule has 0 saturated carbocycles. The number of aliphatic hydroxyl groups is 1. The zero-order valence-corrected chi connectivity index (χ0v) is 7.35. The molecule has 1 unspecified atom stereocenters. The first-order valence-corrected chi connectivity index (χ1v) is 3.84. The molecule has 0 aliphatic rings. The Labute approximate surface area is 83.3 Å². The summed E-state index contributed by atoms with van der Waals surface area (Å²) in [5.74, 6) is 0.328. The van der Waals surface area contributed by atoms with Gasteiger partial charge < -0.3 is 5.11 Å². The Morgan fingerprint density at radius 3 is 2.27 bits per heavy atom. The number of halogens is 4. The van der Waals surface area contributed by atoms with Crippen LogP contribution in [0, 0.1) is 18.2 Å². The maximum atomic E-state index is 12.7. The second-order valence-electron chi connectivity index (χ2n) is 2.86. The van der Waals surface area contributed by atoms with E-state index >= 15 is 0 Å². The largest absolute Gasteiger partial charge is 0.433 e. The van der Waals surface area contributed by atoms with Gasteiger partial charge in [-0.2, -0.15) is 13.2 Å². The average Bonchev–Trinajstić information content (AvgIpc) is 2.14. The molecule has 0 aliphatic carbocycles. The van der Waals surface area contributed by atoms with Gasteiger partial charge in [0.25, 0.3) is 0 Å². The summed E-state index contributed by atoms with van der Waals surface area (Å²) in [6.45, 7) is 0. The molecular formula is C10H6F4O. The van der Waals surface area contributed by atoms with Crippen LogP contribution in [0.5, 0.6) is 0 Å². The van der Waals surface area contributed by atoms with E-state index < -0.39 is 23.2 Å². The van der Waals surface area contributed by atoms with Gasteiger partial charge in [0, 0.05) is 5.56 Å². The van der Waals surface area contributed by atoms with E-state index in [2.05, 4.69) is 6.42 Å². The Balaban J connectivity index is 3.32. The van der Waals surface area contributed by atoms with E-state index in [1.165, 1.54) is 5.92 Å². The lowest BCUT2D eigenvalue weighted by molar-refractivity contribution is -0.240. The maximum absolute atomic E-state index is 12.7. The molecule has 0 aliphatic heterocycles. The highest BCUT2D eigenvalue weighted by atomic mass is 19.4. The molecule has 1 N–H and O–H groups in total. The lowest BCUT2D eigenvalue weighted by Crippen LogP contribution is -2.40. The van der Waals surface area contributed by atoms with Crippen LogP contribution in [0.15, 0.2) is 24.3 Å². The molecule has 0 bridgehead atoms. The highest BCUT2D eigenvalue weighted by molar-refractivity contribution is 5.32. The molecule has 5 heteroatoms. The van der Waals surface area contributed by atoms with E-state index in [1.54, 1.807) is 0 Å². The van der Waals surface area contributed by atoms with Crippen molar-refractivity contribution in [1.82, 2.24) is 0 Å². The van der Waals surface area contributed by atoms with E-state index in [-0.39, 0.29) is 0 Å². The lowest BCUT2D eigenvalue weighted by atomic mass is 9.94. The molecule has 1 aromatic carbocycles. The fourth-order valence-corrected chi connectivity index (χ4v) is 1.04. The van der Waals surface area contributed by atoms with Gasteiger partial charge in [0.05, 0.1) is 0 Å². The van der Waals surface area contributed by atoms with Crippen molar-refractivity contribution in [2.24, 2.45) is 0 Å². The predicted octanol–water partition coefficient (Wildman–Crippen LogP) is 2.21. The molecule has 1 nitrogen and oxygen atoms in total. The molecule has 0 saturated heterocycles. The third kappa shape index (κ3) is 1.95. The molecule has 15 heavy (non-hydrogen) atoms. The van der Waals surface area contributed by atoms with E-state index in [9.17, 15) is 22.7 Å². The van der Waals surface area contributed by atoms with Gasteiger partial charge in [0.2, 0.25) is 5.60 Å². The van der Waals surface area contributed by atoms with Gasteiger partial charge in [-0.1, -0.05) is 18.1 Å². The van der Waals surface area contributed by atoms with Crippen LogP contribution in [0.25, 0.3) is 0 Å². The van der Waals surface area contributed by atoms with Crippen molar-refractivity contribution in [2.45, 2.75) is 11.8 Å². The topological polar surface area (TPSA) is 20.2 Å². The zero-order chi connectivity index (χ0) is 11.7. The van der Waals surface area contributed by atoms with Crippen molar-refractivity contribution in [3.8, 4) is 12.3 Å². The van der Waals surface area contributed by atoms with Gasteiger partial charge in [-0.3, -0.25) is 0 Å². The summed E-state index contributed by atoms with van der Waals surface area (Å²) < 4.78 is 49.9. The summed E-state index contributed by atoms with van der Waals surface area (Å²) in [6, 6.07) is 3.46. The van der Waals surface area contributed by atoms with Crippen LogP contribution in [0.3, 0.4) is 0 Å². The second-order valence-corrected chi connectivity index (χ2v) is 2.86. The Kier molecular flexibility index (Phi) is 2.73. The third-order valence-corrected chi connectivity index (χ3v) is 1.86. The molecule has 0 amide bonds. The molecule has 0 heterocycles. The van der Waals surface area contributed by atoms with Crippen LogP contribution in [0.2, 0.25) is 0 Å². The number of rotatable bonds is 1. The summed E-state index contributed by atoms with van der Waals surface area (Å²) in [6.07, 6.45) is -0.413. The fourth-order valence-electron chi connectivity index (χ4n) is 1.04. The number of terminal acetylenes is 1. The molecule has 1 aromatic rings. The van der Waals surface area contributed by atoms with E-state index in [0.717, 1.165) is 18.2 Å². The van der Waals surface area contributed by atoms with Gasteiger partial charge >= 0.3 is 6.18 Å². The van der Waals surface area contributed by atoms with Crippen molar-refractivity contribution in [3.63, 3.8) is 0 Å². The number of benzene rings is 1. The Morgan fingerprint density at radius 1 is 1.27 bits per heavy atom. The van der Waals surface area contributed by atoms with Crippen molar-refractivity contribution >= 4 is 0 Å². The summed E-state index contributed by atoms with van der Waals surface area (Å²) in [5, 5.41) is 9.22. The van der Waals surface area contributed by atoms with Gasteiger partial charge in [0.1, 0.15) is 5.82 Å². The molecule has 0 spiro atoms. The maximum Gasteiger partial charge on any atom is 0.433 e. The van der Waals surface area contributed by atoms with Crippen LogP contribution in [-0.4, -0.2) is 11.3 Å². The molecule has 0 fully saturated rings. The van der Waals surface area contributed by atoms with E-state index in [4.69, 9.17) is 0 Å². The van der Waals surface area contributed by atoms with Crippen molar-refractivity contribution in [1.29, 1.82) is 0 Å². The number of alkyl halides is 3. The average molecular weight is 218 g/mol. The zero-order valence-electron chi connectivity index (χ0n) is 7.35. The molecule has 0 aromatic heterocycles. The monoisotopic (exact) mass is 218 g/mol. The highest BCUT2D eigenvalue weighted by Crippen LogP contribution is 2.38. The summed E-state index contributed by atoms with van der Waals surface area (Å²) >= 11 is 0. The van der Waals surface area contributed by atoms with Gasteiger partial charge in [-0.25, -0.2) is 4.39 Å². The van der Waals surface area contributed by atoms with Crippen LogP contribution in [0.4, 0.5) is 17.6 Å². The number of hydrogen-bond donors (Lipinski definition) is 1. The Morgan fingerprint density at radius 2 is 1.87 bits per heavy atom. The van der Waals surface area contributed by atoms with Crippen molar-refractivity contribution in [2.75, 3.05) is 0 Å². The fraction of sp³-hybridized carbons (Fsp3) is 0.200. The quantitative estimate of drug-likeness (QED) is 0.566. The molecule has 1 atom stereocenters. The van der Waals surface area contributed by atoms with E-state index in [0.29, 0.717) is 6.07 Å². The molecule has 80 valence electrons. The lowest BCUT2D eigenvalue weighted by Gasteiger charge is -2.25. The normalized spacial score (nSPS) is 15.5. The molecule has 1 rings (SSSR count). The Hall–Kier alpha value is -1.54. The molecule has 0 radical (unpaired) electrons. The van der Waals surface area contributed by atoms with Crippen LogP contribution < -0.4 is 0 Å². The minimum atomic E-state index is -5.05. The minimum absolute atomic E-state index is 0.549. The van der Waals surface area contributed by atoms with Crippen LogP contribution in [0.1, 0.15) is 5.56 Å². The summed E-state index contributed by atoms with van der Waals surface area (Å²) in [4.78, 5) is 0. The summed E-state index contributed by atoms with van der Waals surface area (Å²) in [5.41, 5.74) is -4.16. The van der Waals surface area contributed by atoms with Gasteiger partial charge in [-0.05, 0) is 12.1 Å². The first kappa shape index (κ1) is 11.5. The standard InChI is InChI=1S/C10H6F4O/c1-2-9(15,10(12,13)14)7-4-3-5-8(11)6-7/h1,3-6,15H. The SMILES string of the molecule is C#CC(O)(c1cccc(F)c1)C(F)(F)F. The van der Waals surface area contributed by atoms with Crippen molar-refractivity contribution in [3.05, 3.63) is 35.6 Å². The van der Waals surface area contributed by atoms with Crippen molar-refractivity contribution < 1.29 is 22.7 Å².